The first-order chi connectivity index (χ1) is 10.2. The van der Waals surface area contributed by atoms with Crippen molar-refractivity contribution in [3.05, 3.63) is 35.9 Å². The normalized spacial score (nSPS) is 9.95. The van der Waals surface area contributed by atoms with E-state index in [0.29, 0.717) is 6.61 Å². The Morgan fingerprint density at radius 1 is 1.10 bits per heavy atom. The summed E-state index contributed by atoms with van der Waals surface area (Å²) in [6.07, 6.45) is 2.66. The van der Waals surface area contributed by atoms with Crippen molar-refractivity contribution in [1.29, 1.82) is 0 Å². The highest BCUT2D eigenvalue weighted by atomic mass is 16.5. The number of benzene rings is 1. The molecule has 1 N–H and O–H groups in total. The predicted octanol–water partition coefficient (Wildman–Crippen LogP) is 3.04. The maximum Gasteiger partial charge on any atom is 0.407 e. The van der Waals surface area contributed by atoms with Crippen molar-refractivity contribution < 1.29 is 19.1 Å². The highest BCUT2D eigenvalue weighted by molar-refractivity contribution is 5.71. The standard InChI is InChI=1S/C16H23NO4/c1-2-3-7-12-20-15(18)10-11-17-16(19)21-13-14-8-5-4-6-9-14/h4-6,8-9H,2-3,7,10-13H2,1H3,(H,17,19). The lowest BCUT2D eigenvalue weighted by Gasteiger charge is -2.07. The van der Waals surface area contributed by atoms with Gasteiger partial charge >= 0.3 is 12.1 Å². The van der Waals surface area contributed by atoms with E-state index < -0.39 is 6.09 Å². The van der Waals surface area contributed by atoms with E-state index >= 15 is 0 Å². The third-order valence-corrected chi connectivity index (χ3v) is 2.82. The van der Waals surface area contributed by atoms with Gasteiger partial charge in [-0.05, 0) is 12.0 Å². The number of rotatable bonds is 9. The van der Waals surface area contributed by atoms with Gasteiger partial charge in [0.05, 0.1) is 13.0 Å². The van der Waals surface area contributed by atoms with Crippen LogP contribution >= 0.6 is 0 Å². The van der Waals surface area contributed by atoms with E-state index in [2.05, 4.69) is 12.2 Å². The van der Waals surface area contributed by atoms with Gasteiger partial charge in [-0.25, -0.2) is 4.79 Å². The van der Waals surface area contributed by atoms with Crippen molar-refractivity contribution in [3.63, 3.8) is 0 Å². The van der Waals surface area contributed by atoms with Crippen LogP contribution in [0.1, 0.15) is 38.2 Å². The summed E-state index contributed by atoms with van der Waals surface area (Å²) in [6.45, 7) is 2.98. The fourth-order valence-corrected chi connectivity index (χ4v) is 1.65. The first kappa shape index (κ1) is 17.0. The van der Waals surface area contributed by atoms with Gasteiger partial charge in [-0.3, -0.25) is 4.79 Å². The van der Waals surface area contributed by atoms with Gasteiger partial charge in [0.2, 0.25) is 0 Å². The average Bonchev–Trinajstić information content (AvgIpc) is 2.50. The molecule has 0 aliphatic carbocycles. The molecule has 1 amide bonds. The van der Waals surface area contributed by atoms with Gasteiger partial charge in [0.15, 0.2) is 0 Å². The van der Waals surface area contributed by atoms with Crippen LogP contribution in [0.25, 0.3) is 0 Å². The van der Waals surface area contributed by atoms with Gasteiger partial charge in [-0.2, -0.15) is 0 Å². The molecule has 1 aromatic carbocycles. The maximum absolute atomic E-state index is 11.4. The molecule has 0 fully saturated rings. The van der Waals surface area contributed by atoms with E-state index in [1.165, 1.54) is 0 Å². The van der Waals surface area contributed by atoms with Crippen LogP contribution in [0.5, 0.6) is 0 Å². The Morgan fingerprint density at radius 3 is 2.57 bits per heavy atom. The summed E-state index contributed by atoms with van der Waals surface area (Å²) in [5, 5.41) is 2.52. The fourth-order valence-electron chi connectivity index (χ4n) is 1.65. The largest absolute Gasteiger partial charge is 0.466 e. The van der Waals surface area contributed by atoms with Crippen LogP contribution in [-0.2, 0) is 20.9 Å². The van der Waals surface area contributed by atoms with Crippen LogP contribution in [0.15, 0.2) is 30.3 Å². The third kappa shape index (κ3) is 8.68. The number of carbonyl (C=O) groups is 2. The lowest BCUT2D eigenvalue weighted by Crippen LogP contribution is -2.27. The second-order valence-electron chi connectivity index (χ2n) is 4.67. The number of hydrogen-bond donors (Lipinski definition) is 1. The Kier molecular flexibility index (Phi) is 8.68. The molecule has 0 bridgehead atoms. The van der Waals surface area contributed by atoms with Gasteiger partial charge < -0.3 is 14.8 Å². The molecule has 0 aliphatic rings. The Hall–Kier alpha value is -2.04. The van der Waals surface area contributed by atoms with Crippen molar-refractivity contribution in [2.75, 3.05) is 13.2 Å². The zero-order valence-corrected chi connectivity index (χ0v) is 12.5. The number of alkyl carbamates (subject to hydrolysis) is 1. The van der Waals surface area contributed by atoms with Crippen LogP contribution in [-0.4, -0.2) is 25.2 Å². The van der Waals surface area contributed by atoms with E-state index in [9.17, 15) is 9.59 Å². The minimum atomic E-state index is -0.530. The Balaban J connectivity index is 2.04. The Bertz CT molecular complexity index is 420. The molecule has 5 nitrogen and oxygen atoms in total. The van der Waals surface area contributed by atoms with Gasteiger partial charge in [0, 0.05) is 6.54 Å². The number of esters is 1. The van der Waals surface area contributed by atoms with E-state index in [-0.39, 0.29) is 25.5 Å². The minimum absolute atomic E-state index is 0.159. The number of carbonyl (C=O) groups excluding carboxylic acids is 2. The second-order valence-corrected chi connectivity index (χ2v) is 4.67. The molecular formula is C16H23NO4. The summed E-state index contributed by atoms with van der Waals surface area (Å²) in [6, 6.07) is 9.41. The van der Waals surface area contributed by atoms with Crippen LogP contribution in [0.2, 0.25) is 0 Å². The second kappa shape index (κ2) is 10.7. The minimum Gasteiger partial charge on any atom is -0.466 e. The molecule has 0 unspecified atom stereocenters. The predicted molar refractivity (Wildman–Crippen MR) is 79.7 cm³/mol. The molecule has 21 heavy (non-hydrogen) atoms. The molecule has 1 aromatic rings. The Morgan fingerprint density at radius 2 is 1.86 bits per heavy atom. The third-order valence-electron chi connectivity index (χ3n) is 2.82. The molecule has 0 atom stereocenters. The summed E-state index contributed by atoms with van der Waals surface area (Å²) in [7, 11) is 0. The summed E-state index contributed by atoms with van der Waals surface area (Å²) in [5.74, 6) is -0.297. The molecule has 116 valence electrons. The van der Waals surface area contributed by atoms with Crippen molar-refractivity contribution in [3.8, 4) is 0 Å². The smallest absolute Gasteiger partial charge is 0.407 e. The monoisotopic (exact) mass is 293 g/mol. The molecule has 5 heteroatoms. The van der Waals surface area contributed by atoms with Crippen molar-refractivity contribution >= 4 is 12.1 Å². The zero-order chi connectivity index (χ0) is 15.3. The summed E-state index contributed by atoms with van der Waals surface area (Å²) in [4.78, 5) is 22.8. The van der Waals surface area contributed by atoms with Gasteiger partial charge in [-0.15, -0.1) is 0 Å². The molecular weight excluding hydrogens is 270 g/mol. The number of ether oxygens (including phenoxy) is 2. The molecule has 0 saturated carbocycles. The molecule has 0 radical (unpaired) electrons. The molecule has 0 spiro atoms. The summed E-state index contributed by atoms with van der Waals surface area (Å²) >= 11 is 0. The topological polar surface area (TPSA) is 64.6 Å². The zero-order valence-electron chi connectivity index (χ0n) is 12.5. The van der Waals surface area contributed by atoms with E-state index in [1.807, 2.05) is 30.3 Å². The van der Waals surface area contributed by atoms with Gasteiger partial charge in [0.25, 0.3) is 0 Å². The first-order valence-electron chi connectivity index (χ1n) is 7.32. The first-order valence-corrected chi connectivity index (χ1v) is 7.32. The lowest BCUT2D eigenvalue weighted by molar-refractivity contribution is -0.143. The number of amides is 1. The number of unbranched alkanes of at least 4 members (excludes halogenated alkanes) is 2. The average molecular weight is 293 g/mol. The van der Waals surface area contributed by atoms with E-state index in [1.54, 1.807) is 0 Å². The van der Waals surface area contributed by atoms with E-state index in [0.717, 1.165) is 24.8 Å². The molecule has 0 aliphatic heterocycles. The molecule has 0 saturated heterocycles. The van der Waals surface area contributed by atoms with Crippen molar-refractivity contribution in [1.82, 2.24) is 5.32 Å². The lowest BCUT2D eigenvalue weighted by atomic mass is 10.2. The SMILES string of the molecule is CCCCCOC(=O)CCNC(=O)OCc1ccccc1. The fraction of sp³-hybridized carbons (Fsp3) is 0.500. The quantitative estimate of drug-likeness (QED) is 0.561. The van der Waals surface area contributed by atoms with E-state index in [4.69, 9.17) is 9.47 Å². The van der Waals surface area contributed by atoms with Crippen molar-refractivity contribution in [2.24, 2.45) is 0 Å². The molecule has 0 aromatic heterocycles. The highest BCUT2D eigenvalue weighted by Gasteiger charge is 2.06. The van der Waals surface area contributed by atoms with Gasteiger partial charge in [0.1, 0.15) is 6.61 Å². The van der Waals surface area contributed by atoms with Crippen LogP contribution in [0.4, 0.5) is 4.79 Å². The summed E-state index contributed by atoms with van der Waals surface area (Å²) in [5.41, 5.74) is 0.919. The highest BCUT2D eigenvalue weighted by Crippen LogP contribution is 2.00. The van der Waals surface area contributed by atoms with Crippen LogP contribution in [0, 0.1) is 0 Å². The van der Waals surface area contributed by atoms with Crippen molar-refractivity contribution in [2.45, 2.75) is 39.2 Å². The van der Waals surface area contributed by atoms with Crippen LogP contribution < -0.4 is 5.32 Å². The van der Waals surface area contributed by atoms with Gasteiger partial charge in [-0.1, -0.05) is 50.1 Å². The summed E-state index contributed by atoms with van der Waals surface area (Å²) < 4.78 is 10.0. The number of nitrogens with one attached hydrogen (secondary N) is 1. The number of hydrogen-bond acceptors (Lipinski definition) is 4. The molecule has 0 heterocycles. The molecule has 1 rings (SSSR count). The Labute approximate surface area is 125 Å². The maximum atomic E-state index is 11.4. The van der Waals surface area contributed by atoms with Crippen LogP contribution in [0.3, 0.4) is 0 Å².